The maximum Gasteiger partial charge on any atom is 0.257 e. The Morgan fingerprint density at radius 2 is 2.05 bits per heavy atom. The molecule has 4 nitrogen and oxygen atoms in total. The van der Waals surface area contributed by atoms with E-state index in [9.17, 15) is 4.79 Å². The highest BCUT2D eigenvalue weighted by Gasteiger charge is 2.25. The van der Waals surface area contributed by atoms with Crippen LogP contribution in [0.1, 0.15) is 37.0 Å². The van der Waals surface area contributed by atoms with E-state index in [1.54, 1.807) is 18.2 Å². The van der Waals surface area contributed by atoms with Crippen LogP contribution in [0.4, 0.5) is 0 Å². The Bertz CT molecular complexity index is 497. The molecule has 2 rings (SSSR count). The van der Waals surface area contributed by atoms with Gasteiger partial charge in [-0.05, 0) is 51.9 Å². The number of amides is 1. The first-order valence-corrected chi connectivity index (χ1v) is 7.81. The highest BCUT2D eigenvalue weighted by Crippen LogP contribution is 2.26. The number of likely N-dealkylation sites (tertiary alicyclic amines) is 1. The number of nitrogens with zero attached hydrogens (tertiary/aromatic N) is 1. The van der Waals surface area contributed by atoms with Crippen LogP contribution in [0.5, 0.6) is 5.75 Å². The van der Waals surface area contributed by atoms with Crippen LogP contribution < -0.4 is 10.1 Å². The molecule has 0 unspecified atom stereocenters. The predicted molar refractivity (Wildman–Crippen MR) is 85.2 cm³/mol. The second-order valence-corrected chi connectivity index (χ2v) is 6.10. The zero-order valence-electron chi connectivity index (χ0n) is 12.9. The Balaban J connectivity index is 2.16. The Morgan fingerprint density at radius 1 is 1.38 bits per heavy atom. The Morgan fingerprint density at radius 3 is 2.62 bits per heavy atom. The van der Waals surface area contributed by atoms with E-state index < -0.39 is 0 Å². The number of carbonyl (C=O) groups excluding carboxylic acids is 1. The molecule has 0 aromatic heterocycles. The van der Waals surface area contributed by atoms with Crippen molar-refractivity contribution in [2.24, 2.45) is 0 Å². The van der Waals surface area contributed by atoms with Crippen molar-refractivity contribution in [2.75, 3.05) is 20.1 Å². The molecule has 1 N–H and O–H groups in total. The topological polar surface area (TPSA) is 41.6 Å². The van der Waals surface area contributed by atoms with Gasteiger partial charge in [0, 0.05) is 24.2 Å². The minimum absolute atomic E-state index is 0.00250. The van der Waals surface area contributed by atoms with E-state index in [0.29, 0.717) is 22.4 Å². The van der Waals surface area contributed by atoms with Gasteiger partial charge in [0.1, 0.15) is 5.75 Å². The van der Waals surface area contributed by atoms with Crippen molar-refractivity contribution in [3.05, 3.63) is 28.8 Å². The number of ether oxygens (including phenoxy) is 1. The van der Waals surface area contributed by atoms with Gasteiger partial charge in [-0.25, -0.2) is 0 Å². The molecule has 0 radical (unpaired) electrons. The molecule has 1 amide bonds. The molecule has 0 bridgehead atoms. The van der Waals surface area contributed by atoms with Gasteiger partial charge in [0.05, 0.1) is 11.7 Å². The first-order chi connectivity index (χ1) is 10.0. The summed E-state index contributed by atoms with van der Waals surface area (Å²) in [5.41, 5.74) is 0.555. The summed E-state index contributed by atoms with van der Waals surface area (Å²) in [6.45, 7) is 5.42. The number of carbonyl (C=O) groups is 1. The second kappa shape index (κ2) is 7.14. The van der Waals surface area contributed by atoms with Crippen molar-refractivity contribution in [1.29, 1.82) is 0 Å². The Labute approximate surface area is 131 Å². The van der Waals surface area contributed by atoms with Gasteiger partial charge in [-0.1, -0.05) is 11.6 Å². The molecule has 1 aromatic carbocycles. The summed E-state index contributed by atoms with van der Waals surface area (Å²) in [6, 6.07) is 5.73. The third kappa shape index (κ3) is 4.11. The Hall–Kier alpha value is -1.26. The molecule has 1 fully saturated rings. The number of hydrogen-bond donors (Lipinski definition) is 1. The molecular formula is C16H23ClN2O2. The fourth-order valence-corrected chi connectivity index (χ4v) is 2.74. The van der Waals surface area contributed by atoms with E-state index in [1.165, 1.54) is 0 Å². The summed E-state index contributed by atoms with van der Waals surface area (Å²) >= 11 is 6.05. The molecule has 1 saturated heterocycles. The zero-order valence-corrected chi connectivity index (χ0v) is 13.6. The highest BCUT2D eigenvalue weighted by molar-refractivity contribution is 6.31. The molecule has 1 heterocycles. The summed E-state index contributed by atoms with van der Waals surface area (Å²) in [4.78, 5) is 14.6. The molecular weight excluding hydrogens is 288 g/mol. The first-order valence-electron chi connectivity index (χ1n) is 7.44. The van der Waals surface area contributed by atoms with E-state index >= 15 is 0 Å². The monoisotopic (exact) mass is 310 g/mol. The number of benzene rings is 1. The van der Waals surface area contributed by atoms with E-state index in [-0.39, 0.29) is 12.0 Å². The van der Waals surface area contributed by atoms with Gasteiger partial charge in [-0.15, -0.1) is 0 Å². The van der Waals surface area contributed by atoms with Crippen molar-refractivity contribution in [2.45, 2.75) is 38.8 Å². The molecule has 1 aliphatic heterocycles. The van der Waals surface area contributed by atoms with Crippen LogP contribution in [0.3, 0.4) is 0 Å². The van der Waals surface area contributed by atoms with Gasteiger partial charge in [0.25, 0.3) is 5.91 Å². The van der Waals surface area contributed by atoms with E-state index in [4.69, 9.17) is 16.3 Å². The lowest BCUT2D eigenvalue weighted by Crippen LogP contribution is -2.44. The second-order valence-electron chi connectivity index (χ2n) is 5.66. The standard InChI is InChI=1S/C16H23ClN2O2/c1-11(2)21-15-5-4-12(17)10-14(15)16(20)19-8-6-13(18-3)7-9-19/h4-5,10-11,13,18H,6-9H2,1-3H3. The molecule has 1 aliphatic rings. The molecule has 0 saturated carbocycles. The van der Waals surface area contributed by atoms with Crippen LogP contribution in [-0.2, 0) is 0 Å². The largest absolute Gasteiger partial charge is 0.490 e. The lowest BCUT2D eigenvalue weighted by atomic mass is 10.0. The maximum atomic E-state index is 12.7. The van der Waals surface area contributed by atoms with Gasteiger partial charge in [-0.3, -0.25) is 4.79 Å². The average Bonchev–Trinajstić information content (AvgIpc) is 2.48. The van der Waals surface area contributed by atoms with Gasteiger partial charge < -0.3 is 15.0 Å². The number of rotatable bonds is 4. The van der Waals surface area contributed by atoms with E-state index in [2.05, 4.69) is 5.32 Å². The summed E-state index contributed by atoms with van der Waals surface area (Å²) < 4.78 is 5.74. The Kier molecular flexibility index (Phi) is 5.48. The molecule has 1 aromatic rings. The summed E-state index contributed by atoms with van der Waals surface area (Å²) in [5, 5.41) is 3.82. The molecule has 21 heavy (non-hydrogen) atoms. The smallest absolute Gasteiger partial charge is 0.257 e. The third-order valence-corrected chi connectivity index (χ3v) is 3.96. The van der Waals surface area contributed by atoms with E-state index in [1.807, 2.05) is 25.8 Å². The minimum Gasteiger partial charge on any atom is -0.490 e. The van der Waals surface area contributed by atoms with Crippen LogP contribution in [0, 0.1) is 0 Å². The predicted octanol–water partition coefficient (Wildman–Crippen LogP) is 2.95. The fraction of sp³-hybridized carbons (Fsp3) is 0.562. The van der Waals surface area contributed by atoms with Crippen LogP contribution in [0.15, 0.2) is 18.2 Å². The summed E-state index contributed by atoms with van der Waals surface area (Å²) in [5.74, 6) is 0.609. The average molecular weight is 311 g/mol. The van der Waals surface area contributed by atoms with Crippen molar-refractivity contribution in [1.82, 2.24) is 10.2 Å². The minimum atomic E-state index is 0.00250. The van der Waals surface area contributed by atoms with Gasteiger partial charge in [-0.2, -0.15) is 0 Å². The van der Waals surface area contributed by atoms with Crippen LogP contribution in [0.25, 0.3) is 0 Å². The molecule has 5 heteroatoms. The number of halogens is 1. The normalized spacial score (nSPS) is 16.3. The number of piperidine rings is 1. The SMILES string of the molecule is CNC1CCN(C(=O)c2cc(Cl)ccc2OC(C)C)CC1. The van der Waals surface area contributed by atoms with Gasteiger partial charge in [0.15, 0.2) is 0 Å². The fourth-order valence-electron chi connectivity index (χ4n) is 2.57. The molecule has 0 aliphatic carbocycles. The zero-order chi connectivity index (χ0) is 15.4. The third-order valence-electron chi connectivity index (χ3n) is 3.73. The first kappa shape index (κ1) is 16.1. The van der Waals surface area contributed by atoms with Crippen LogP contribution in [0.2, 0.25) is 5.02 Å². The maximum absolute atomic E-state index is 12.7. The van der Waals surface area contributed by atoms with E-state index in [0.717, 1.165) is 25.9 Å². The van der Waals surface area contributed by atoms with Crippen LogP contribution >= 0.6 is 11.6 Å². The quantitative estimate of drug-likeness (QED) is 0.929. The van der Waals surface area contributed by atoms with Crippen LogP contribution in [-0.4, -0.2) is 43.1 Å². The number of hydrogen-bond acceptors (Lipinski definition) is 3. The summed E-state index contributed by atoms with van der Waals surface area (Å²) in [7, 11) is 1.97. The van der Waals surface area contributed by atoms with Gasteiger partial charge >= 0.3 is 0 Å². The molecule has 0 atom stereocenters. The van der Waals surface area contributed by atoms with Crippen molar-refractivity contribution in [3.8, 4) is 5.75 Å². The van der Waals surface area contributed by atoms with Crippen molar-refractivity contribution >= 4 is 17.5 Å². The van der Waals surface area contributed by atoms with Crippen molar-refractivity contribution < 1.29 is 9.53 Å². The number of nitrogens with one attached hydrogen (secondary N) is 1. The lowest BCUT2D eigenvalue weighted by molar-refractivity contribution is 0.0701. The molecule has 116 valence electrons. The highest BCUT2D eigenvalue weighted by atomic mass is 35.5. The van der Waals surface area contributed by atoms with Crippen molar-refractivity contribution in [3.63, 3.8) is 0 Å². The lowest BCUT2D eigenvalue weighted by Gasteiger charge is -2.32. The summed E-state index contributed by atoms with van der Waals surface area (Å²) in [6.07, 6.45) is 1.97. The van der Waals surface area contributed by atoms with Gasteiger partial charge in [0.2, 0.25) is 0 Å². The molecule has 0 spiro atoms.